The minimum absolute atomic E-state index is 1.02. The number of allylic oxidation sites excluding steroid dienone is 2. The maximum atomic E-state index is 11.9. The van der Waals surface area contributed by atoms with E-state index in [0.717, 1.165) is 61.0 Å². The van der Waals surface area contributed by atoms with E-state index in [2.05, 4.69) is 76.2 Å². The molecular formula is C36H52N2. The van der Waals surface area contributed by atoms with Gasteiger partial charge in [-0.1, -0.05) is 103 Å². The van der Waals surface area contributed by atoms with Crippen LogP contribution in [-0.2, 0) is 12.8 Å². The Labute approximate surface area is 233 Å². The molecule has 0 saturated heterocycles. The summed E-state index contributed by atoms with van der Waals surface area (Å²) in [6, 6.07) is 17.9. The third-order valence-corrected chi connectivity index (χ3v) is 7.96. The normalized spacial score (nSPS) is 13.7. The van der Waals surface area contributed by atoms with Crippen molar-refractivity contribution in [3.05, 3.63) is 87.5 Å². The smallest absolute Gasteiger partial charge is 0.211 e. The molecule has 0 N–H and O–H groups in total. The van der Waals surface area contributed by atoms with Gasteiger partial charge >= 0.3 is 0 Å². The highest BCUT2D eigenvalue weighted by atomic mass is 15.2. The molecular weight excluding hydrogens is 460 g/mol. The second kappa shape index (κ2) is 16.5. The minimum Gasteiger partial charge on any atom is -0.493 e. The molecule has 2 nitrogen and oxygen atoms in total. The number of benzene rings is 2. The van der Waals surface area contributed by atoms with Gasteiger partial charge in [0.15, 0.2) is 0 Å². The van der Waals surface area contributed by atoms with Crippen molar-refractivity contribution >= 4 is 11.4 Å². The number of aryl methyl sites for hydroxylation is 2. The lowest BCUT2D eigenvalue weighted by Crippen LogP contribution is -2.03. The Kier molecular flexibility index (Phi) is 13.0. The van der Waals surface area contributed by atoms with E-state index < -0.39 is 0 Å². The van der Waals surface area contributed by atoms with Gasteiger partial charge in [-0.3, -0.25) is 0 Å². The Balaban J connectivity index is 2.03. The highest BCUT2D eigenvalue weighted by molar-refractivity contribution is 5.82. The van der Waals surface area contributed by atoms with Crippen LogP contribution in [0.3, 0.4) is 0 Å². The van der Waals surface area contributed by atoms with Crippen molar-refractivity contribution in [1.29, 1.82) is 0 Å². The standard InChI is InChI=1S/C36H52N2/c1-5-9-13-15-20-30-22-18-24-32(28-30)35-33(25-12-8-4)34(26-16-14-10-6-2)36(38(35)37)31-23-17-21-29(27-31)19-11-7-3/h17-18,21-24,27-28H,5-16,19-20,25-26H2,1-4H3. The van der Waals surface area contributed by atoms with Gasteiger partial charge in [0, 0.05) is 22.3 Å². The maximum Gasteiger partial charge on any atom is 0.211 e. The van der Waals surface area contributed by atoms with E-state index in [4.69, 9.17) is 0 Å². The lowest BCUT2D eigenvalue weighted by molar-refractivity contribution is -0.345. The van der Waals surface area contributed by atoms with Crippen LogP contribution in [-0.4, -0.2) is 4.70 Å². The number of rotatable bonds is 18. The van der Waals surface area contributed by atoms with Gasteiger partial charge in [0.1, 0.15) is 0 Å². The first kappa shape index (κ1) is 30.1. The van der Waals surface area contributed by atoms with Gasteiger partial charge in [-0.2, -0.15) is 0 Å². The predicted octanol–water partition coefficient (Wildman–Crippen LogP) is 11.5. The number of hydrogen-bond donors (Lipinski definition) is 0. The third-order valence-electron chi connectivity index (χ3n) is 7.96. The molecule has 0 aromatic heterocycles. The van der Waals surface area contributed by atoms with Gasteiger partial charge < -0.3 is 5.53 Å². The Hall–Kier alpha value is -2.48. The van der Waals surface area contributed by atoms with E-state index >= 15 is 0 Å². The fourth-order valence-corrected chi connectivity index (χ4v) is 5.75. The summed E-state index contributed by atoms with van der Waals surface area (Å²) in [5.74, 6) is 0. The van der Waals surface area contributed by atoms with Crippen molar-refractivity contribution in [3.63, 3.8) is 0 Å². The summed E-state index contributed by atoms with van der Waals surface area (Å²) in [6.07, 6.45) is 19.0. The van der Waals surface area contributed by atoms with Crippen LogP contribution in [0.25, 0.3) is 16.9 Å². The van der Waals surface area contributed by atoms with Gasteiger partial charge in [-0.05, 0) is 86.8 Å². The SMILES string of the molecule is CCCCCCC1=C(c2cccc(CCCC)c2)[N+](=[N-])C(c2cccc(CCCCCC)c2)=C1CCCC. The first-order valence-electron chi connectivity index (χ1n) is 15.8. The molecule has 3 rings (SSSR count). The zero-order valence-electron chi connectivity index (χ0n) is 24.8. The van der Waals surface area contributed by atoms with Crippen LogP contribution < -0.4 is 0 Å². The van der Waals surface area contributed by atoms with Crippen LogP contribution in [0, 0.1) is 0 Å². The molecule has 1 aliphatic heterocycles. The van der Waals surface area contributed by atoms with E-state index in [1.807, 2.05) is 0 Å². The highest BCUT2D eigenvalue weighted by Gasteiger charge is 2.35. The topological polar surface area (TPSA) is 25.3 Å². The van der Waals surface area contributed by atoms with Crippen molar-refractivity contribution in [3.8, 4) is 0 Å². The monoisotopic (exact) mass is 512 g/mol. The van der Waals surface area contributed by atoms with Gasteiger partial charge in [0.2, 0.25) is 11.4 Å². The first-order chi connectivity index (χ1) is 18.6. The lowest BCUT2D eigenvalue weighted by atomic mass is 9.91. The Bertz CT molecular complexity index is 1090. The summed E-state index contributed by atoms with van der Waals surface area (Å²) in [5.41, 5.74) is 21.8. The molecule has 2 heteroatoms. The molecule has 1 heterocycles. The summed E-state index contributed by atoms with van der Waals surface area (Å²) in [4.78, 5) is 0. The maximum absolute atomic E-state index is 11.9. The summed E-state index contributed by atoms with van der Waals surface area (Å²) < 4.78 is 1.56. The quantitative estimate of drug-likeness (QED) is 0.140. The molecule has 206 valence electrons. The molecule has 0 unspecified atom stereocenters. The molecule has 2 aromatic carbocycles. The molecule has 0 saturated carbocycles. The summed E-state index contributed by atoms with van der Waals surface area (Å²) >= 11 is 0. The molecule has 0 aliphatic carbocycles. The Morgan fingerprint density at radius 3 is 1.42 bits per heavy atom. The third kappa shape index (κ3) is 8.26. The average molecular weight is 513 g/mol. The highest BCUT2D eigenvalue weighted by Crippen LogP contribution is 2.44. The number of hydrogen-bond acceptors (Lipinski definition) is 0. The van der Waals surface area contributed by atoms with Gasteiger partial charge in [0.05, 0.1) is 0 Å². The molecule has 0 radical (unpaired) electrons. The van der Waals surface area contributed by atoms with Crippen molar-refractivity contribution in [2.75, 3.05) is 0 Å². The molecule has 0 atom stereocenters. The molecule has 38 heavy (non-hydrogen) atoms. The van der Waals surface area contributed by atoms with Crippen LogP contribution in [0.1, 0.15) is 140 Å². The van der Waals surface area contributed by atoms with E-state index in [0.29, 0.717) is 0 Å². The Morgan fingerprint density at radius 2 is 0.921 bits per heavy atom. The van der Waals surface area contributed by atoms with Gasteiger partial charge in [-0.15, -0.1) is 0 Å². The summed E-state index contributed by atoms with van der Waals surface area (Å²) in [6.45, 7) is 9.06. The fraction of sp³-hybridized carbons (Fsp3) is 0.556. The first-order valence-corrected chi connectivity index (χ1v) is 15.8. The van der Waals surface area contributed by atoms with Crippen molar-refractivity contribution < 1.29 is 4.70 Å². The fourth-order valence-electron chi connectivity index (χ4n) is 5.75. The van der Waals surface area contributed by atoms with Gasteiger partial charge in [-0.25, -0.2) is 4.70 Å². The lowest BCUT2D eigenvalue weighted by Gasteiger charge is -2.12. The van der Waals surface area contributed by atoms with Crippen molar-refractivity contribution in [1.82, 2.24) is 0 Å². The second-order valence-corrected chi connectivity index (χ2v) is 11.2. The van der Waals surface area contributed by atoms with Crippen LogP contribution in [0.15, 0.2) is 59.7 Å². The zero-order chi connectivity index (χ0) is 27.2. The summed E-state index contributed by atoms with van der Waals surface area (Å²) in [5, 5.41) is 0. The minimum atomic E-state index is 1.02. The van der Waals surface area contributed by atoms with E-state index in [1.54, 1.807) is 4.70 Å². The molecule has 0 fully saturated rings. The summed E-state index contributed by atoms with van der Waals surface area (Å²) in [7, 11) is 0. The molecule has 0 amide bonds. The van der Waals surface area contributed by atoms with Crippen LogP contribution in [0.4, 0.5) is 0 Å². The van der Waals surface area contributed by atoms with Gasteiger partial charge in [0.25, 0.3) is 0 Å². The number of unbranched alkanes of at least 4 members (excludes halogenated alkanes) is 8. The van der Waals surface area contributed by atoms with Crippen molar-refractivity contribution in [2.24, 2.45) is 0 Å². The molecule has 0 bridgehead atoms. The van der Waals surface area contributed by atoms with Crippen LogP contribution >= 0.6 is 0 Å². The molecule has 0 spiro atoms. The van der Waals surface area contributed by atoms with Crippen LogP contribution in [0.5, 0.6) is 0 Å². The number of nitrogens with zero attached hydrogens (tertiary/aromatic N) is 2. The van der Waals surface area contributed by atoms with Crippen LogP contribution in [0.2, 0.25) is 0 Å². The van der Waals surface area contributed by atoms with E-state index in [9.17, 15) is 5.53 Å². The Morgan fingerprint density at radius 1 is 0.500 bits per heavy atom. The van der Waals surface area contributed by atoms with E-state index in [-0.39, 0.29) is 0 Å². The van der Waals surface area contributed by atoms with E-state index in [1.165, 1.54) is 86.5 Å². The largest absolute Gasteiger partial charge is 0.493 e. The predicted molar refractivity (Wildman–Crippen MR) is 165 cm³/mol. The molecule has 2 aromatic rings. The second-order valence-electron chi connectivity index (χ2n) is 11.2. The molecule has 1 aliphatic rings. The van der Waals surface area contributed by atoms with Crippen molar-refractivity contribution in [2.45, 2.75) is 130 Å². The zero-order valence-corrected chi connectivity index (χ0v) is 24.8. The average Bonchev–Trinajstić information content (AvgIpc) is 3.22.